The highest BCUT2D eigenvalue weighted by Crippen LogP contribution is 2.52. The third-order valence-electron chi connectivity index (χ3n) is 4.44. The minimum absolute atomic E-state index is 0.110. The van der Waals surface area contributed by atoms with E-state index in [1.807, 2.05) is 0 Å². The second kappa shape index (κ2) is 5.67. The van der Waals surface area contributed by atoms with Crippen LogP contribution in [0.1, 0.15) is 53.6 Å². The molecule has 0 unspecified atom stereocenters. The molecule has 116 valence electrons. The van der Waals surface area contributed by atoms with Crippen LogP contribution in [0.3, 0.4) is 0 Å². The Morgan fingerprint density at radius 2 is 2.00 bits per heavy atom. The minimum atomic E-state index is -0.256. The van der Waals surface area contributed by atoms with Crippen molar-refractivity contribution in [3.05, 3.63) is 10.4 Å². The maximum atomic E-state index is 12.0. The number of hydrogen-bond acceptors (Lipinski definition) is 5. The number of nitrogen functional groups attached to an aromatic ring is 1. The van der Waals surface area contributed by atoms with E-state index in [0.29, 0.717) is 26.8 Å². The monoisotopic (exact) mass is 309 g/mol. The first kappa shape index (κ1) is 15.8. The van der Waals surface area contributed by atoms with Crippen molar-refractivity contribution in [2.75, 3.05) is 24.6 Å². The Balaban J connectivity index is 2.27. The van der Waals surface area contributed by atoms with Gasteiger partial charge in [0.15, 0.2) is 5.78 Å². The molecule has 1 aliphatic carbocycles. The third kappa shape index (κ3) is 2.90. The average Bonchev–Trinajstić information content (AvgIpc) is 3.15. The molecule has 6 heteroatoms. The fraction of sp³-hybridized carbons (Fsp3) is 0.600. The average molecular weight is 309 g/mol. The standard InChI is InChI=1S/C15H23N3O2S/c1-8(2)15(5-6-15)7-18-14-10(13(20)17-4)11(16)12(21-14)9(3)19/h8,18H,5-7,16H2,1-4H3,(H,17,20). The summed E-state index contributed by atoms with van der Waals surface area (Å²) in [4.78, 5) is 24.1. The van der Waals surface area contributed by atoms with Crippen molar-refractivity contribution in [3.63, 3.8) is 0 Å². The van der Waals surface area contributed by atoms with Crippen LogP contribution in [0, 0.1) is 11.3 Å². The number of anilines is 2. The van der Waals surface area contributed by atoms with Crippen molar-refractivity contribution in [1.82, 2.24) is 5.32 Å². The zero-order chi connectivity index (χ0) is 15.8. The van der Waals surface area contributed by atoms with Gasteiger partial charge in [-0.2, -0.15) is 0 Å². The molecule has 1 aliphatic rings. The van der Waals surface area contributed by atoms with E-state index in [9.17, 15) is 9.59 Å². The lowest BCUT2D eigenvalue weighted by Crippen LogP contribution is -2.23. The van der Waals surface area contributed by atoms with E-state index in [1.54, 1.807) is 7.05 Å². The molecular formula is C15H23N3O2S. The molecule has 4 N–H and O–H groups in total. The van der Waals surface area contributed by atoms with Crippen molar-refractivity contribution in [3.8, 4) is 0 Å². The highest BCUT2D eigenvalue weighted by molar-refractivity contribution is 7.19. The molecule has 1 fully saturated rings. The zero-order valence-electron chi connectivity index (χ0n) is 13.0. The van der Waals surface area contributed by atoms with E-state index >= 15 is 0 Å². The summed E-state index contributed by atoms with van der Waals surface area (Å²) >= 11 is 1.27. The predicted octanol–water partition coefficient (Wildman–Crippen LogP) is 2.74. The number of thiophene rings is 1. The van der Waals surface area contributed by atoms with Crippen LogP contribution in [0.15, 0.2) is 0 Å². The Kier molecular flexibility index (Phi) is 4.27. The lowest BCUT2D eigenvalue weighted by molar-refractivity contribution is 0.0965. The number of carbonyl (C=O) groups excluding carboxylic acids is 2. The molecule has 1 amide bonds. The molecule has 0 saturated heterocycles. The lowest BCUT2D eigenvalue weighted by atomic mass is 9.92. The molecule has 0 aliphatic heterocycles. The van der Waals surface area contributed by atoms with Gasteiger partial charge >= 0.3 is 0 Å². The maximum absolute atomic E-state index is 12.0. The molecule has 0 atom stereocenters. The predicted molar refractivity (Wildman–Crippen MR) is 87.1 cm³/mol. The van der Waals surface area contributed by atoms with Gasteiger partial charge in [0.1, 0.15) is 5.00 Å². The molecule has 0 bridgehead atoms. The second-order valence-electron chi connectivity index (χ2n) is 6.05. The SMILES string of the molecule is CNC(=O)c1c(NCC2(C(C)C)CC2)sc(C(C)=O)c1N. The summed E-state index contributed by atoms with van der Waals surface area (Å²) in [5.74, 6) is 0.229. The number of ketones is 1. The van der Waals surface area contributed by atoms with Gasteiger partial charge in [0, 0.05) is 20.5 Å². The normalized spacial score (nSPS) is 15.9. The van der Waals surface area contributed by atoms with Gasteiger partial charge < -0.3 is 16.4 Å². The van der Waals surface area contributed by atoms with Crippen LogP contribution >= 0.6 is 11.3 Å². The van der Waals surface area contributed by atoms with Gasteiger partial charge in [-0.3, -0.25) is 9.59 Å². The highest BCUT2D eigenvalue weighted by Gasteiger charge is 2.45. The van der Waals surface area contributed by atoms with Crippen LogP contribution in [0.2, 0.25) is 0 Å². The Morgan fingerprint density at radius 1 is 1.38 bits per heavy atom. The summed E-state index contributed by atoms with van der Waals surface area (Å²) in [6.45, 7) is 6.72. The number of nitrogens with two attached hydrogens (primary N) is 1. The van der Waals surface area contributed by atoms with Crippen LogP contribution < -0.4 is 16.4 Å². The van der Waals surface area contributed by atoms with Crippen LogP contribution in [-0.4, -0.2) is 25.3 Å². The van der Waals surface area contributed by atoms with E-state index in [1.165, 1.54) is 31.1 Å². The van der Waals surface area contributed by atoms with Crippen LogP contribution in [0.4, 0.5) is 10.7 Å². The fourth-order valence-corrected chi connectivity index (χ4v) is 3.56. The first-order valence-electron chi connectivity index (χ1n) is 7.21. The summed E-state index contributed by atoms with van der Waals surface area (Å²) in [5, 5.41) is 6.64. The summed E-state index contributed by atoms with van der Waals surface area (Å²) in [6.07, 6.45) is 2.40. The molecule has 1 heterocycles. The number of carbonyl (C=O) groups is 2. The smallest absolute Gasteiger partial charge is 0.256 e. The molecule has 0 spiro atoms. The van der Waals surface area contributed by atoms with Gasteiger partial charge in [-0.1, -0.05) is 13.8 Å². The van der Waals surface area contributed by atoms with Gasteiger partial charge in [-0.15, -0.1) is 11.3 Å². The highest BCUT2D eigenvalue weighted by atomic mass is 32.1. The number of hydrogen-bond donors (Lipinski definition) is 3. The van der Waals surface area contributed by atoms with Gasteiger partial charge in [0.05, 0.1) is 16.1 Å². The molecule has 21 heavy (non-hydrogen) atoms. The summed E-state index contributed by atoms with van der Waals surface area (Å²) in [5.41, 5.74) is 6.98. The molecule has 1 saturated carbocycles. The van der Waals surface area contributed by atoms with Crippen molar-refractivity contribution >= 4 is 33.7 Å². The molecule has 0 radical (unpaired) electrons. The summed E-state index contributed by atoms with van der Waals surface area (Å²) < 4.78 is 0. The molecule has 1 aromatic rings. The Hall–Kier alpha value is -1.56. The summed E-state index contributed by atoms with van der Waals surface area (Å²) in [7, 11) is 1.56. The number of Topliss-reactive ketones (excluding diaryl/α,β-unsaturated/α-hetero) is 1. The Labute approximate surface area is 129 Å². The maximum Gasteiger partial charge on any atom is 0.256 e. The number of rotatable bonds is 6. The molecule has 2 rings (SSSR count). The van der Waals surface area contributed by atoms with Gasteiger partial charge in [0.2, 0.25) is 0 Å². The van der Waals surface area contributed by atoms with Crippen LogP contribution in [-0.2, 0) is 0 Å². The molecular weight excluding hydrogens is 286 g/mol. The number of amides is 1. The number of nitrogens with one attached hydrogen (secondary N) is 2. The van der Waals surface area contributed by atoms with E-state index < -0.39 is 0 Å². The summed E-state index contributed by atoms with van der Waals surface area (Å²) in [6, 6.07) is 0. The van der Waals surface area contributed by atoms with Gasteiger partial charge in [0.25, 0.3) is 5.91 Å². The van der Waals surface area contributed by atoms with E-state index in [0.717, 1.165) is 6.54 Å². The van der Waals surface area contributed by atoms with Gasteiger partial charge in [-0.05, 0) is 24.2 Å². The zero-order valence-corrected chi connectivity index (χ0v) is 13.8. The quantitative estimate of drug-likeness (QED) is 0.705. The lowest BCUT2D eigenvalue weighted by Gasteiger charge is -2.20. The first-order chi connectivity index (χ1) is 9.82. The van der Waals surface area contributed by atoms with E-state index in [-0.39, 0.29) is 17.4 Å². The van der Waals surface area contributed by atoms with E-state index in [4.69, 9.17) is 5.73 Å². The Morgan fingerprint density at radius 3 is 2.43 bits per heavy atom. The largest absolute Gasteiger partial charge is 0.397 e. The topological polar surface area (TPSA) is 84.2 Å². The minimum Gasteiger partial charge on any atom is -0.397 e. The second-order valence-corrected chi connectivity index (χ2v) is 7.08. The first-order valence-corrected chi connectivity index (χ1v) is 8.03. The van der Waals surface area contributed by atoms with Crippen molar-refractivity contribution < 1.29 is 9.59 Å². The van der Waals surface area contributed by atoms with Crippen molar-refractivity contribution in [2.24, 2.45) is 11.3 Å². The van der Waals surface area contributed by atoms with Gasteiger partial charge in [-0.25, -0.2) is 0 Å². The molecule has 1 aromatic heterocycles. The van der Waals surface area contributed by atoms with Crippen LogP contribution in [0.25, 0.3) is 0 Å². The Bertz CT molecular complexity index is 574. The van der Waals surface area contributed by atoms with E-state index in [2.05, 4.69) is 24.5 Å². The van der Waals surface area contributed by atoms with Crippen molar-refractivity contribution in [2.45, 2.75) is 33.6 Å². The van der Waals surface area contributed by atoms with Crippen LogP contribution in [0.5, 0.6) is 0 Å². The molecule has 5 nitrogen and oxygen atoms in total. The van der Waals surface area contributed by atoms with Crippen molar-refractivity contribution in [1.29, 1.82) is 0 Å². The fourth-order valence-electron chi connectivity index (χ4n) is 2.56. The molecule has 0 aromatic carbocycles. The third-order valence-corrected chi connectivity index (χ3v) is 5.70.